The molecule has 300 valence electrons. The van der Waals surface area contributed by atoms with Crippen LogP contribution in [-0.4, -0.2) is 76.1 Å². The second-order valence-corrected chi connectivity index (χ2v) is 14.0. The zero-order valence-corrected chi connectivity index (χ0v) is 32.8. The first-order valence-corrected chi connectivity index (χ1v) is 19.3. The van der Waals surface area contributed by atoms with Gasteiger partial charge in [-0.1, -0.05) is 39.7 Å². The molecule has 1 aliphatic heterocycles. The SMILES string of the molecule is C1CC2C3CCC(C3)C2C1.C=C(C)C(=O)OC.C=CC(=O)OCC.C=CC(=O)OCC1CCC(COC(=O)CC)CC1.C=CC(=O)OCC1CCCO1. The van der Waals surface area contributed by atoms with Crippen LogP contribution in [0.25, 0.3) is 0 Å². The van der Waals surface area contributed by atoms with Crippen molar-refractivity contribution >= 4 is 29.8 Å². The number of esters is 5. The Balaban J connectivity index is 0.000000349. The molecule has 1 saturated heterocycles. The lowest BCUT2D eigenvalue weighted by molar-refractivity contribution is -0.145. The van der Waals surface area contributed by atoms with Gasteiger partial charge in [0.2, 0.25) is 0 Å². The van der Waals surface area contributed by atoms with Crippen molar-refractivity contribution in [1.82, 2.24) is 0 Å². The minimum atomic E-state index is -0.375. The number of methoxy groups -OCH3 is 1. The van der Waals surface area contributed by atoms with E-state index in [4.69, 9.17) is 18.9 Å². The Morgan fingerprint density at radius 1 is 0.660 bits per heavy atom. The molecule has 0 aromatic heterocycles. The lowest BCUT2D eigenvalue weighted by Crippen LogP contribution is -2.23. The van der Waals surface area contributed by atoms with Crippen LogP contribution >= 0.6 is 0 Å². The van der Waals surface area contributed by atoms with E-state index in [1.165, 1.54) is 36.9 Å². The van der Waals surface area contributed by atoms with Gasteiger partial charge in [-0.15, -0.1) is 0 Å². The van der Waals surface area contributed by atoms with Gasteiger partial charge in [-0.25, -0.2) is 19.2 Å². The van der Waals surface area contributed by atoms with E-state index in [9.17, 15) is 24.0 Å². The maximum Gasteiger partial charge on any atom is 0.332 e. The first-order chi connectivity index (χ1) is 25.4. The first-order valence-electron chi connectivity index (χ1n) is 19.3. The van der Waals surface area contributed by atoms with Gasteiger partial charge in [-0.2, -0.15) is 0 Å². The van der Waals surface area contributed by atoms with Crippen molar-refractivity contribution in [3.05, 3.63) is 50.1 Å². The Morgan fingerprint density at radius 2 is 1.15 bits per heavy atom. The van der Waals surface area contributed by atoms with Crippen LogP contribution in [0.1, 0.15) is 104 Å². The molecule has 0 radical (unpaired) electrons. The predicted molar refractivity (Wildman–Crippen MR) is 203 cm³/mol. The summed E-state index contributed by atoms with van der Waals surface area (Å²) in [6, 6.07) is 0. The molecule has 0 aromatic rings. The summed E-state index contributed by atoms with van der Waals surface area (Å²) in [5.74, 6) is 4.14. The molecule has 1 heterocycles. The van der Waals surface area contributed by atoms with Crippen LogP contribution in [0.2, 0.25) is 0 Å². The van der Waals surface area contributed by atoms with E-state index in [-0.39, 0.29) is 36.0 Å². The summed E-state index contributed by atoms with van der Waals surface area (Å²) < 4.78 is 28.9. The van der Waals surface area contributed by atoms with Crippen LogP contribution in [0.15, 0.2) is 50.1 Å². The molecule has 5 unspecified atom stereocenters. The van der Waals surface area contributed by atoms with Crippen LogP contribution in [0.3, 0.4) is 0 Å². The average Bonchev–Trinajstić information content (AvgIpc) is 4.02. The third kappa shape index (κ3) is 19.8. The summed E-state index contributed by atoms with van der Waals surface area (Å²) in [6.07, 6.45) is 19.8. The van der Waals surface area contributed by atoms with Crippen molar-refractivity contribution < 1.29 is 52.4 Å². The zero-order valence-electron chi connectivity index (χ0n) is 32.8. The highest BCUT2D eigenvalue weighted by atomic mass is 16.6. The fourth-order valence-corrected chi connectivity index (χ4v) is 7.54. The van der Waals surface area contributed by atoms with Gasteiger partial charge in [0.25, 0.3) is 0 Å². The molecule has 5 atom stereocenters. The molecular weight excluding hydrogens is 680 g/mol. The highest BCUT2D eigenvalue weighted by Gasteiger charge is 2.48. The number of rotatable bonds is 12. The van der Waals surface area contributed by atoms with Crippen molar-refractivity contribution in [2.45, 2.75) is 110 Å². The van der Waals surface area contributed by atoms with Gasteiger partial charge in [0.15, 0.2) is 0 Å². The number of hydrogen-bond acceptors (Lipinski definition) is 11. The molecule has 5 rings (SSSR count). The topological polar surface area (TPSA) is 141 Å². The quantitative estimate of drug-likeness (QED) is 0.110. The molecule has 2 bridgehead atoms. The summed E-state index contributed by atoms with van der Waals surface area (Å²) in [4.78, 5) is 52.8. The van der Waals surface area contributed by atoms with Gasteiger partial charge in [-0.3, -0.25) is 4.79 Å². The molecule has 11 nitrogen and oxygen atoms in total. The zero-order chi connectivity index (χ0) is 39.6. The number of ether oxygens (including phenoxy) is 6. The monoisotopic (exact) mass is 746 g/mol. The molecule has 4 saturated carbocycles. The minimum Gasteiger partial charge on any atom is -0.466 e. The van der Waals surface area contributed by atoms with Crippen molar-refractivity contribution in [1.29, 1.82) is 0 Å². The standard InChI is InChI=1S/C14H22O4.C10H16.C8H12O3.2C5H8O2/c1-3-13(15)17-9-11-5-7-12(8-6-11)10-18-14(16)4-2;1-2-9-7-4-5-8(6-7)10(9)3-1;1-2-8(9)11-6-7-4-3-5-10-7;1-4(2)5(6)7-3;1-3-5(6)7-4-2/h3,11-12H,1,4-10H2,2H3;7-10H,1-6H2;2,7H,1,3-6H2;1H2,2-3H3;3H,1,4H2,2H3. The first kappa shape index (κ1) is 47.3. The largest absolute Gasteiger partial charge is 0.466 e. The smallest absolute Gasteiger partial charge is 0.332 e. The van der Waals surface area contributed by atoms with Gasteiger partial charge < -0.3 is 28.4 Å². The summed E-state index contributed by atoms with van der Waals surface area (Å²) in [7, 11) is 1.33. The Bertz CT molecular complexity index is 1150. The lowest BCUT2D eigenvalue weighted by atomic mass is 9.82. The molecule has 5 aliphatic rings. The highest BCUT2D eigenvalue weighted by molar-refractivity contribution is 5.86. The Morgan fingerprint density at radius 3 is 1.53 bits per heavy atom. The van der Waals surface area contributed by atoms with E-state index in [0.717, 1.165) is 57.3 Å². The van der Waals surface area contributed by atoms with Crippen LogP contribution < -0.4 is 0 Å². The van der Waals surface area contributed by atoms with Crippen LogP contribution in [0.5, 0.6) is 0 Å². The molecule has 5 fully saturated rings. The molecule has 53 heavy (non-hydrogen) atoms. The van der Waals surface area contributed by atoms with Gasteiger partial charge in [0, 0.05) is 36.8 Å². The summed E-state index contributed by atoms with van der Waals surface area (Å²) in [5, 5.41) is 0. The van der Waals surface area contributed by atoms with E-state index < -0.39 is 0 Å². The van der Waals surface area contributed by atoms with E-state index in [2.05, 4.69) is 35.8 Å². The van der Waals surface area contributed by atoms with Gasteiger partial charge in [0.05, 0.1) is 33.0 Å². The molecule has 0 aromatic carbocycles. The van der Waals surface area contributed by atoms with Crippen molar-refractivity contribution in [2.75, 3.05) is 40.1 Å². The van der Waals surface area contributed by atoms with Gasteiger partial charge in [0.1, 0.15) is 6.61 Å². The number of carbonyl (C=O) groups is 5. The predicted octanol–water partition coefficient (Wildman–Crippen LogP) is 7.67. The van der Waals surface area contributed by atoms with Crippen molar-refractivity contribution in [3.63, 3.8) is 0 Å². The maximum atomic E-state index is 11.0. The Kier molecular flexibility index (Phi) is 24.8. The van der Waals surface area contributed by atoms with E-state index >= 15 is 0 Å². The van der Waals surface area contributed by atoms with Crippen molar-refractivity contribution in [2.24, 2.45) is 35.5 Å². The molecule has 0 spiro atoms. The summed E-state index contributed by atoms with van der Waals surface area (Å²) in [6.45, 7) is 20.9. The van der Waals surface area contributed by atoms with Crippen LogP contribution in [-0.2, 0) is 52.4 Å². The maximum absolute atomic E-state index is 11.0. The molecule has 4 aliphatic carbocycles. The van der Waals surface area contributed by atoms with Gasteiger partial charge >= 0.3 is 29.8 Å². The second kappa shape index (κ2) is 27.8. The fraction of sp³-hybridized carbons (Fsp3) is 0.690. The summed E-state index contributed by atoms with van der Waals surface area (Å²) >= 11 is 0. The molecule has 0 N–H and O–H groups in total. The Hall–Kier alpha value is -3.73. The van der Waals surface area contributed by atoms with Gasteiger partial charge in [-0.05, 0) is 120 Å². The summed E-state index contributed by atoms with van der Waals surface area (Å²) in [5.41, 5.74) is 0.433. The Labute approximate surface area is 317 Å². The molecular formula is C42H66O11. The molecule has 11 heteroatoms. The average molecular weight is 747 g/mol. The van der Waals surface area contributed by atoms with Crippen molar-refractivity contribution in [3.8, 4) is 0 Å². The third-order valence-electron chi connectivity index (χ3n) is 10.3. The number of hydrogen-bond donors (Lipinski definition) is 0. The second-order valence-electron chi connectivity index (χ2n) is 14.0. The highest BCUT2D eigenvalue weighted by Crippen LogP contribution is 2.58. The number of fused-ring (bicyclic) bond motifs is 5. The van der Waals surface area contributed by atoms with E-state index in [1.54, 1.807) is 59.3 Å². The molecule has 0 amide bonds. The number of carbonyl (C=O) groups excluding carboxylic acids is 5. The normalized spacial score (nSPS) is 25.5. The van der Waals surface area contributed by atoms with Crippen LogP contribution in [0, 0.1) is 35.5 Å². The lowest BCUT2D eigenvalue weighted by Gasteiger charge is -2.27. The fourth-order valence-electron chi connectivity index (χ4n) is 7.54. The van der Waals surface area contributed by atoms with Crippen LogP contribution in [0.4, 0.5) is 0 Å². The third-order valence-corrected chi connectivity index (χ3v) is 10.3. The van der Waals surface area contributed by atoms with E-state index in [1.807, 2.05) is 0 Å². The minimum absolute atomic E-state index is 0.110. The van der Waals surface area contributed by atoms with E-state index in [0.29, 0.717) is 50.3 Å².